The van der Waals surface area contributed by atoms with Crippen molar-refractivity contribution in [3.8, 4) is 33.4 Å². The molecule has 6 aromatic carbocycles. The van der Waals surface area contributed by atoms with Crippen molar-refractivity contribution in [1.29, 1.82) is 0 Å². The maximum atomic E-state index is 6.11. The van der Waals surface area contributed by atoms with E-state index in [9.17, 15) is 0 Å². The maximum Gasteiger partial charge on any atom is 0.138 e. The van der Waals surface area contributed by atoms with Gasteiger partial charge >= 0.3 is 0 Å². The largest absolute Gasteiger partial charge is 0.456 e. The van der Waals surface area contributed by atoms with Crippen LogP contribution in [-0.2, 0) is 0 Å². The standard InChI is InChI=1S/C41H28N2O/c1-3-7-29(8-4-1)31-11-13-32(14-12-31)34-17-21-36(22-18-34)43(35-19-15-33(16-20-35)30-9-5-2-6-10-30)37-23-24-40-38(27-37)39-28-42-26-25-41(39)44-40/h1-28H. The van der Waals surface area contributed by atoms with Crippen LogP contribution in [0.5, 0.6) is 0 Å². The monoisotopic (exact) mass is 564 g/mol. The molecule has 0 atom stereocenters. The van der Waals surface area contributed by atoms with E-state index < -0.39 is 0 Å². The Morgan fingerprint density at radius 1 is 0.386 bits per heavy atom. The fraction of sp³-hybridized carbons (Fsp3) is 0. The minimum absolute atomic E-state index is 0.841. The van der Waals surface area contributed by atoms with Gasteiger partial charge in [-0.05, 0) is 81.9 Å². The van der Waals surface area contributed by atoms with Gasteiger partial charge in [-0.15, -0.1) is 0 Å². The van der Waals surface area contributed by atoms with E-state index in [0.717, 1.165) is 39.0 Å². The minimum atomic E-state index is 0.841. The molecular formula is C41H28N2O. The smallest absolute Gasteiger partial charge is 0.138 e. The van der Waals surface area contributed by atoms with Gasteiger partial charge in [-0.1, -0.05) is 109 Å². The summed E-state index contributed by atoms with van der Waals surface area (Å²) in [6.07, 6.45) is 3.64. The number of benzene rings is 6. The SMILES string of the molecule is c1ccc(-c2ccc(-c3ccc(N(c4ccc(-c5ccccc5)cc4)c4ccc5oc6ccncc6c5c4)cc3)cc2)cc1. The van der Waals surface area contributed by atoms with E-state index in [1.165, 1.54) is 33.4 Å². The van der Waals surface area contributed by atoms with Crippen LogP contribution < -0.4 is 4.90 Å². The normalized spacial score (nSPS) is 11.2. The van der Waals surface area contributed by atoms with Gasteiger partial charge in [0.25, 0.3) is 0 Å². The van der Waals surface area contributed by atoms with Crippen LogP contribution in [0.4, 0.5) is 17.1 Å². The predicted octanol–water partition coefficient (Wildman–Crippen LogP) is 11.5. The lowest BCUT2D eigenvalue weighted by Crippen LogP contribution is -2.09. The molecule has 0 aliphatic rings. The summed E-state index contributed by atoms with van der Waals surface area (Å²) in [6, 6.07) is 55.6. The zero-order chi connectivity index (χ0) is 29.3. The van der Waals surface area contributed by atoms with Crippen molar-refractivity contribution in [3.63, 3.8) is 0 Å². The highest BCUT2D eigenvalue weighted by atomic mass is 16.3. The molecule has 0 fully saturated rings. The molecule has 0 bridgehead atoms. The summed E-state index contributed by atoms with van der Waals surface area (Å²) in [4.78, 5) is 6.65. The highest BCUT2D eigenvalue weighted by Crippen LogP contribution is 2.39. The van der Waals surface area contributed by atoms with Crippen LogP contribution in [0.3, 0.4) is 0 Å². The summed E-state index contributed by atoms with van der Waals surface area (Å²) in [6.45, 7) is 0. The van der Waals surface area contributed by atoms with Crippen molar-refractivity contribution in [3.05, 3.63) is 170 Å². The first-order chi connectivity index (χ1) is 21.8. The van der Waals surface area contributed by atoms with Crippen LogP contribution in [0.15, 0.2) is 175 Å². The number of pyridine rings is 1. The lowest BCUT2D eigenvalue weighted by Gasteiger charge is -2.26. The molecule has 2 heterocycles. The first-order valence-corrected chi connectivity index (χ1v) is 14.8. The number of nitrogens with zero attached hydrogens (tertiary/aromatic N) is 2. The zero-order valence-corrected chi connectivity index (χ0v) is 24.0. The molecule has 0 spiro atoms. The Balaban J connectivity index is 1.18. The summed E-state index contributed by atoms with van der Waals surface area (Å²) in [7, 11) is 0. The molecule has 208 valence electrons. The second kappa shape index (κ2) is 11.0. The third-order valence-corrected chi connectivity index (χ3v) is 8.20. The average Bonchev–Trinajstić information content (AvgIpc) is 3.48. The molecule has 0 N–H and O–H groups in total. The third kappa shape index (κ3) is 4.81. The molecule has 8 rings (SSSR count). The second-order valence-electron chi connectivity index (χ2n) is 10.9. The quantitative estimate of drug-likeness (QED) is 0.201. The maximum absolute atomic E-state index is 6.11. The summed E-state index contributed by atoms with van der Waals surface area (Å²) >= 11 is 0. The molecule has 0 saturated heterocycles. The number of fused-ring (bicyclic) bond motifs is 3. The van der Waals surface area contributed by atoms with Crippen LogP contribution in [0.1, 0.15) is 0 Å². The van der Waals surface area contributed by atoms with Crippen molar-refractivity contribution in [1.82, 2.24) is 4.98 Å². The van der Waals surface area contributed by atoms with E-state index in [1.54, 1.807) is 6.20 Å². The summed E-state index contributed by atoms with van der Waals surface area (Å²) < 4.78 is 6.11. The van der Waals surface area contributed by atoms with E-state index in [1.807, 2.05) is 24.4 Å². The molecule has 44 heavy (non-hydrogen) atoms. The van der Waals surface area contributed by atoms with Gasteiger partial charge in [0.15, 0.2) is 0 Å². The van der Waals surface area contributed by atoms with Gasteiger partial charge in [-0.25, -0.2) is 0 Å². The number of hydrogen-bond acceptors (Lipinski definition) is 3. The molecule has 0 saturated carbocycles. The molecule has 3 heteroatoms. The second-order valence-corrected chi connectivity index (χ2v) is 10.9. The Morgan fingerprint density at radius 3 is 1.34 bits per heavy atom. The molecular weight excluding hydrogens is 536 g/mol. The van der Waals surface area contributed by atoms with Crippen molar-refractivity contribution in [2.75, 3.05) is 4.90 Å². The van der Waals surface area contributed by atoms with Gasteiger partial charge in [-0.2, -0.15) is 0 Å². The van der Waals surface area contributed by atoms with Crippen LogP contribution in [-0.4, -0.2) is 4.98 Å². The molecule has 0 aliphatic carbocycles. The van der Waals surface area contributed by atoms with Gasteiger partial charge in [0.2, 0.25) is 0 Å². The summed E-state index contributed by atoms with van der Waals surface area (Å²) in [5.41, 5.74) is 12.1. The molecule has 0 radical (unpaired) electrons. The van der Waals surface area contributed by atoms with E-state index >= 15 is 0 Å². The molecule has 0 amide bonds. The molecule has 2 aromatic heterocycles. The molecule has 0 unspecified atom stereocenters. The van der Waals surface area contributed by atoms with Crippen molar-refractivity contribution in [2.24, 2.45) is 0 Å². The average molecular weight is 565 g/mol. The summed E-state index contributed by atoms with van der Waals surface area (Å²) in [5.74, 6) is 0. The lowest BCUT2D eigenvalue weighted by molar-refractivity contribution is 0.668. The van der Waals surface area contributed by atoms with Crippen molar-refractivity contribution in [2.45, 2.75) is 0 Å². The zero-order valence-electron chi connectivity index (χ0n) is 24.0. The van der Waals surface area contributed by atoms with Gasteiger partial charge in [0, 0.05) is 40.2 Å². The first kappa shape index (κ1) is 25.8. The number of hydrogen-bond donors (Lipinski definition) is 0. The summed E-state index contributed by atoms with van der Waals surface area (Å²) in [5, 5.41) is 2.06. The Hall–Kier alpha value is -5.93. The Kier molecular flexibility index (Phi) is 6.47. The number of anilines is 3. The fourth-order valence-corrected chi connectivity index (χ4v) is 5.92. The number of furan rings is 1. The van der Waals surface area contributed by atoms with Gasteiger partial charge in [0.05, 0.1) is 0 Å². The lowest BCUT2D eigenvalue weighted by atomic mass is 10.00. The Morgan fingerprint density at radius 2 is 0.818 bits per heavy atom. The number of aromatic nitrogens is 1. The molecule has 3 nitrogen and oxygen atoms in total. The van der Waals surface area contributed by atoms with Gasteiger partial charge in [0.1, 0.15) is 11.2 Å². The van der Waals surface area contributed by atoms with Crippen LogP contribution >= 0.6 is 0 Å². The van der Waals surface area contributed by atoms with Crippen LogP contribution in [0, 0.1) is 0 Å². The van der Waals surface area contributed by atoms with Crippen LogP contribution in [0.25, 0.3) is 55.3 Å². The topological polar surface area (TPSA) is 29.3 Å². The third-order valence-electron chi connectivity index (χ3n) is 8.20. The predicted molar refractivity (Wildman–Crippen MR) is 183 cm³/mol. The fourth-order valence-electron chi connectivity index (χ4n) is 5.92. The highest BCUT2D eigenvalue weighted by molar-refractivity contribution is 6.06. The van der Waals surface area contributed by atoms with Crippen molar-refractivity contribution < 1.29 is 4.42 Å². The molecule has 8 aromatic rings. The minimum Gasteiger partial charge on any atom is -0.456 e. The highest BCUT2D eigenvalue weighted by Gasteiger charge is 2.16. The molecule has 0 aliphatic heterocycles. The van der Waals surface area contributed by atoms with Crippen LogP contribution in [0.2, 0.25) is 0 Å². The number of rotatable bonds is 6. The van der Waals surface area contributed by atoms with Gasteiger partial charge < -0.3 is 9.32 Å². The Labute approximate surface area is 256 Å². The van der Waals surface area contributed by atoms with E-state index in [-0.39, 0.29) is 0 Å². The van der Waals surface area contributed by atoms with E-state index in [2.05, 4.69) is 149 Å². The van der Waals surface area contributed by atoms with Gasteiger partial charge in [-0.3, -0.25) is 4.98 Å². The first-order valence-electron chi connectivity index (χ1n) is 14.8. The van der Waals surface area contributed by atoms with E-state index in [4.69, 9.17) is 4.42 Å². The van der Waals surface area contributed by atoms with Crippen molar-refractivity contribution >= 4 is 39.0 Å². The Bertz CT molecular complexity index is 2180. The van der Waals surface area contributed by atoms with E-state index in [0.29, 0.717) is 0 Å².